The second kappa shape index (κ2) is 5.66. The van der Waals surface area contributed by atoms with Crippen LogP contribution in [0.1, 0.15) is 5.56 Å². The van der Waals surface area contributed by atoms with E-state index in [9.17, 15) is 4.79 Å². The van der Waals surface area contributed by atoms with Crippen molar-refractivity contribution >= 4 is 22.9 Å². The molecule has 0 radical (unpaired) electrons. The highest BCUT2D eigenvalue weighted by molar-refractivity contribution is 5.82. The molecule has 1 aromatic heterocycles. The summed E-state index contributed by atoms with van der Waals surface area (Å²) < 4.78 is 1.72. The Morgan fingerprint density at radius 1 is 1.10 bits per heavy atom. The molecule has 0 aliphatic heterocycles. The number of imidazole rings is 1. The van der Waals surface area contributed by atoms with Gasteiger partial charge in [-0.1, -0.05) is 42.5 Å². The molecule has 1 amide bonds. The predicted octanol–water partition coefficient (Wildman–Crippen LogP) is 1.93. The summed E-state index contributed by atoms with van der Waals surface area (Å²) in [7, 11) is 0. The summed E-state index contributed by atoms with van der Waals surface area (Å²) in [5, 5.41) is 2.89. The van der Waals surface area contributed by atoms with Gasteiger partial charge in [0.15, 0.2) is 0 Å². The Kier molecular flexibility index (Phi) is 3.55. The molecular weight excluding hydrogens is 264 g/mol. The monoisotopic (exact) mass is 280 g/mol. The van der Waals surface area contributed by atoms with Crippen molar-refractivity contribution in [3.63, 3.8) is 0 Å². The van der Waals surface area contributed by atoms with Crippen LogP contribution in [0.25, 0.3) is 11.0 Å². The summed E-state index contributed by atoms with van der Waals surface area (Å²) in [5.74, 6) is 0.264. The number of benzene rings is 2. The third-order valence-corrected chi connectivity index (χ3v) is 3.32. The van der Waals surface area contributed by atoms with Gasteiger partial charge in [-0.15, -0.1) is 0 Å². The first-order valence-corrected chi connectivity index (χ1v) is 6.75. The number of amides is 1. The van der Waals surface area contributed by atoms with Crippen molar-refractivity contribution in [3.05, 3.63) is 60.2 Å². The number of nitrogens with two attached hydrogens (primary N) is 1. The average Bonchev–Trinajstić information content (AvgIpc) is 2.82. The highest BCUT2D eigenvalue weighted by atomic mass is 16.1. The van der Waals surface area contributed by atoms with Crippen LogP contribution < -0.4 is 11.1 Å². The lowest BCUT2D eigenvalue weighted by Crippen LogP contribution is -2.27. The van der Waals surface area contributed by atoms with E-state index in [0.29, 0.717) is 12.5 Å². The largest absolute Gasteiger partial charge is 0.369 e. The molecule has 0 atom stereocenters. The third-order valence-electron chi connectivity index (χ3n) is 3.32. The Balaban J connectivity index is 1.70. The quantitative estimate of drug-likeness (QED) is 0.767. The highest BCUT2D eigenvalue weighted by Gasteiger charge is 2.10. The second-order valence-electron chi connectivity index (χ2n) is 4.81. The zero-order valence-corrected chi connectivity index (χ0v) is 11.5. The molecular formula is C16H16N4O. The van der Waals surface area contributed by atoms with E-state index in [4.69, 9.17) is 5.73 Å². The lowest BCUT2D eigenvalue weighted by molar-refractivity contribution is -0.121. The second-order valence-corrected chi connectivity index (χ2v) is 4.81. The van der Waals surface area contributed by atoms with Gasteiger partial charge in [0.05, 0.1) is 11.0 Å². The van der Waals surface area contributed by atoms with Crippen LogP contribution in [0.15, 0.2) is 54.6 Å². The fourth-order valence-corrected chi connectivity index (χ4v) is 2.26. The molecule has 5 nitrogen and oxygen atoms in total. The summed E-state index contributed by atoms with van der Waals surface area (Å²) in [6, 6.07) is 17.4. The van der Waals surface area contributed by atoms with E-state index >= 15 is 0 Å². The Labute approximate surface area is 122 Å². The summed E-state index contributed by atoms with van der Waals surface area (Å²) in [6.07, 6.45) is 0. The fraction of sp³-hybridized carbons (Fsp3) is 0.125. The number of aromatic nitrogens is 2. The molecule has 0 bridgehead atoms. The lowest BCUT2D eigenvalue weighted by atomic mass is 10.2. The Morgan fingerprint density at radius 3 is 2.62 bits per heavy atom. The number of para-hydroxylation sites is 2. The fourth-order valence-electron chi connectivity index (χ4n) is 2.26. The molecule has 2 aromatic carbocycles. The Hall–Kier alpha value is -2.82. The molecule has 1 heterocycles. The third kappa shape index (κ3) is 2.86. The maximum absolute atomic E-state index is 12.1. The molecule has 0 unspecified atom stereocenters. The zero-order chi connectivity index (χ0) is 14.7. The number of nitrogens with zero attached hydrogens (tertiary/aromatic N) is 2. The van der Waals surface area contributed by atoms with Gasteiger partial charge in [0.1, 0.15) is 6.54 Å². The first-order valence-electron chi connectivity index (χ1n) is 6.75. The van der Waals surface area contributed by atoms with E-state index in [1.807, 2.05) is 54.6 Å². The van der Waals surface area contributed by atoms with E-state index in [0.717, 1.165) is 16.6 Å². The van der Waals surface area contributed by atoms with Crippen LogP contribution in [0.3, 0.4) is 0 Å². The summed E-state index contributed by atoms with van der Waals surface area (Å²) in [4.78, 5) is 16.3. The van der Waals surface area contributed by atoms with Crippen molar-refractivity contribution in [2.45, 2.75) is 13.1 Å². The summed E-state index contributed by atoms with van der Waals surface area (Å²) >= 11 is 0. The van der Waals surface area contributed by atoms with Gasteiger partial charge in [-0.3, -0.25) is 4.79 Å². The number of hydrogen-bond acceptors (Lipinski definition) is 3. The number of fused-ring (bicyclic) bond motifs is 1. The first kappa shape index (κ1) is 13.2. The van der Waals surface area contributed by atoms with Crippen LogP contribution in [0.4, 0.5) is 5.95 Å². The molecule has 106 valence electrons. The summed E-state index contributed by atoms with van der Waals surface area (Å²) in [6.45, 7) is 0.672. The zero-order valence-electron chi connectivity index (χ0n) is 11.5. The number of carbonyl (C=O) groups is 1. The van der Waals surface area contributed by atoms with E-state index in [1.54, 1.807) is 4.57 Å². The minimum atomic E-state index is -0.0892. The van der Waals surface area contributed by atoms with Gasteiger partial charge in [-0.25, -0.2) is 4.98 Å². The molecule has 0 saturated carbocycles. The topological polar surface area (TPSA) is 72.9 Å². The van der Waals surface area contributed by atoms with Crippen LogP contribution in [0.2, 0.25) is 0 Å². The first-order chi connectivity index (χ1) is 10.2. The number of carbonyl (C=O) groups excluding carboxylic acids is 1. The molecule has 3 aromatic rings. The van der Waals surface area contributed by atoms with Crippen molar-refractivity contribution in [1.29, 1.82) is 0 Å². The molecule has 3 rings (SSSR count). The van der Waals surface area contributed by atoms with E-state index in [-0.39, 0.29) is 12.5 Å². The standard InChI is InChI=1S/C16H16N4O/c17-16-19-13-8-4-5-9-14(13)20(16)11-15(21)18-10-12-6-2-1-3-7-12/h1-9H,10-11H2,(H2,17,19)(H,18,21). The summed E-state index contributed by atoms with van der Waals surface area (Å²) in [5.41, 5.74) is 8.61. The average molecular weight is 280 g/mol. The maximum atomic E-state index is 12.1. The van der Waals surface area contributed by atoms with E-state index in [2.05, 4.69) is 10.3 Å². The molecule has 5 heteroatoms. The van der Waals surface area contributed by atoms with Crippen LogP contribution in [0, 0.1) is 0 Å². The van der Waals surface area contributed by atoms with Gasteiger partial charge >= 0.3 is 0 Å². The molecule has 0 spiro atoms. The van der Waals surface area contributed by atoms with Gasteiger partial charge in [0, 0.05) is 6.54 Å². The number of hydrogen-bond donors (Lipinski definition) is 2. The van der Waals surface area contributed by atoms with Crippen molar-refractivity contribution in [1.82, 2.24) is 14.9 Å². The molecule has 0 aliphatic rings. The van der Waals surface area contributed by atoms with Crippen LogP contribution >= 0.6 is 0 Å². The number of rotatable bonds is 4. The normalized spacial score (nSPS) is 10.7. The van der Waals surface area contributed by atoms with Gasteiger partial charge in [-0.05, 0) is 17.7 Å². The van der Waals surface area contributed by atoms with Crippen LogP contribution in [-0.4, -0.2) is 15.5 Å². The van der Waals surface area contributed by atoms with Crippen molar-refractivity contribution in [3.8, 4) is 0 Å². The minimum Gasteiger partial charge on any atom is -0.369 e. The SMILES string of the molecule is Nc1nc2ccccc2n1CC(=O)NCc1ccccc1. The smallest absolute Gasteiger partial charge is 0.240 e. The van der Waals surface area contributed by atoms with Gasteiger partial charge in [0.25, 0.3) is 0 Å². The van der Waals surface area contributed by atoms with Gasteiger partial charge in [0.2, 0.25) is 11.9 Å². The van der Waals surface area contributed by atoms with Gasteiger partial charge < -0.3 is 15.6 Å². The molecule has 0 fully saturated rings. The van der Waals surface area contributed by atoms with E-state index < -0.39 is 0 Å². The number of nitrogens with one attached hydrogen (secondary N) is 1. The number of anilines is 1. The molecule has 21 heavy (non-hydrogen) atoms. The van der Waals surface area contributed by atoms with Crippen LogP contribution in [-0.2, 0) is 17.9 Å². The lowest BCUT2D eigenvalue weighted by Gasteiger charge is -2.08. The van der Waals surface area contributed by atoms with Crippen LogP contribution in [0.5, 0.6) is 0 Å². The number of nitrogen functional groups attached to an aromatic ring is 1. The van der Waals surface area contributed by atoms with Crippen molar-refractivity contribution in [2.24, 2.45) is 0 Å². The minimum absolute atomic E-state index is 0.0892. The maximum Gasteiger partial charge on any atom is 0.240 e. The highest BCUT2D eigenvalue weighted by Crippen LogP contribution is 2.16. The Morgan fingerprint density at radius 2 is 1.81 bits per heavy atom. The predicted molar refractivity (Wildman–Crippen MR) is 82.4 cm³/mol. The van der Waals surface area contributed by atoms with E-state index in [1.165, 1.54) is 0 Å². The Bertz CT molecular complexity index is 764. The molecule has 3 N–H and O–H groups in total. The van der Waals surface area contributed by atoms with Gasteiger partial charge in [-0.2, -0.15) is 0 Å². The van der Waals surface area contributed by atoms with Crippen molar-refractivity contribution < 1.29 is 4.79 Å². The molecule has 0 aliphatic carbocycles. The van der Waals surface area contributed by atoms with Crippen molar-refractivity contribution in [2.75, 3.05) is 5.73 Å². The molecule has 0 saturated heterocycles.